The highest BCUT2D eigenvalue weighted by Gasteiger charge is 2.31. The number of ketones is 1. The number of aromatic nitrogens is 3. The summed E-state index contributed by atoms with van der Waals surface area (Å²) in [6.07, 6.45) is -3.27. The third kappa shape index (κ3) is 6.45. The molecule has 0 radical (unpaired) electrons. The average molecular weight is 565 g/mol. The molecule has 2 aromatic carbocycles. The molecule has 0 spiro atoms. The topological polar surface area (TPSA) is 94.5 Å². The summed E-state index contributed by atoms with van der Waals surface area (Å²) < 4.78 is 50.8. The van der Waals surface area contributed by atoms with Gasteiger partial charge in [-0.3, -0.25) is 4.79 Å². The standard InChI is InChI=1S/C30H27F3N4O4/c1-29(2,3)41-28(39)37-13-12-22-24(16-37)34-17-35-27(22)40-26-11-10-20-21(8-5-9-23(20)36-26)25(38)15-18-6-4-7-19(14-18)30(31,32)33/h4-11,14,17H,12-13,15-16H2,1-3H3. The van der Waals surface area contributed by atoms with Crippen molar-refractivity contribution in [2.45, 2.75) is 51.9 Å². The second-order valence-electron chi connectivity index (χ2n) is 10.7. The van der Waals surface area contributed by atoms with Crippen molar-refractivity contribution in [3.05, 3.63) is 88.9 Å². The molecule has 0 N–H and O–H groups in total. The third-order valence-electron chi connectivity index (χ3n) is 6.45. The van der Waals surface area contributed by atoms with Crippen molar-refractivity contribution in [1.29, 1.82) is 0 Å². The Kier molecular flexibility index (Phi) is 7.37. The highest BCUT2D eigenvalue weighted by Crippen LogP contribution is 2.31. The summed E-state index contributed by atoms with van der Waals surface area (Å²) in [5.41, 5.74) is 1.11. The number of carbonyl (C=O) groups is 2. The molecular weight excluding hydrogens is 537 g/mol. The monoisotopic (exact) mass is 564 g/mol. The summed E-state index contributed by atoms with van der Waals surface area (Å²) in [5, 5.41) is 0.551. The van der Waals surface area contributed by atoms with Gasteiger partial charge < -0.3 is 14.4 Å². The molecule has 1 aliphatic heterocycles. The van der Waals surface area contributed by atoms with Crippen LogP contribution in [0.1, 0.15) is 53.5 Å². The molecule has 0 aliphatic carbocycles. The lowest BCUT2D eigenvalue weighted by Gasteiger charge is -2.30. The Morgan fingerprint density at radius 3 is 2.54 bits per heavy atom. The number of amides is 1. The summed E-state index contributed by atoms with van der Waals surface area (Å²) in [6.45, 7) is 6.09. The Bertz CT molecular complexity index is 1630. The van der Waals surface area contributed by atoms with Crippen molar-refractivity contribution in [3.63, 3.8) is 0 Å². The van der Waals surface area contributed by atoms with E-state index in [9.17, 15) is 22.8 Å². The minimum absolute atomic E-state index is 0.186. The summed E-state index contributed by atoms with van der Waals surface area (Å²) in [6, 6.07) is 13.1. The van der Waals surface area contributed by atoms with Crippen molar-refractivity contribution in [1.82, 2.24) is 19.9 Å². The number of nitrogens with zero attached hydrogens (tertiary/aromatic N) is 4. The van der Waals surface area contributed by atoms with Crippen molar-refractivity contribution in [2.75, 3.05) is 6.54 Å². The maximum atomic E-state index is 13.1. The van der Waals surface area contributed by atoms with E-state index in [0.717, 1.165) is 17.7 Å². The number of halogens is 3. The van der Waals surface area contributed by atoms with Crippen molar-refractivity contribution in [3.8, 4) is 11.8 Å². The van der Waals surface area contributed by atoms with Crippen LogP contribution in [0.4, 0.5) is 18.0 Å². The molecule has 0 atom stereocenters. The van der Waals surface area contributed by atoms with Gasteiger partial charge in [-0.25, -0.2) is 19.7 Å². The number of hydrogen-bond acceptors (Lipinski definition) is 7. The van der Waals surface area contributed by atoms with Gasteiger partial charge in [-0.2, -0.15) is 13.2 Å². The Hall–Kier alpha value is -4.54. The van der Waals surface area contributed by atoms with E-state index in [0.29, 0.717) is 41.0 Å². The first kappa shape index (κ1) is 28.0. The normalized spacial score (nSPS) is 13.6. The zero-order valence-electron chi connectivity index (χ0n) is 22.7. The molecule has 0 saturated carbocycles. The zero-order chi connectivity index (χ0) is 29.4. The van der Waals surface area contributed by atoms with E-state index in [-0.39, 0.29) is 30.2 Å². The SMILES string of the molecule is CC(C)(C)OC(=O)N1CCc2c(ncnc2Oc2ccc3c(C(=O)Cc4cccc(C(F)(F)F)c4)cccc3n2)C1. The number of rotatable bonds is 5. The lowest BCUT2D eigenvalue weighted by Crippen LogP contribution is -2.40. The molecule has 11 heteroatoms. The van der Waals surface area contributed by atoms with Crippen LogP contribution in [0.3, 0.4) is 0 Å². The number of hydrogen-bond donors (Lipinski definition) is 0. The van der Waals surface area contributed by atoms with Crippen LogP contribution < -0.4 is 4.74 Å². The quantitative estimate of drug-likeness (QED) is 0.254. The van der Waals surface area contributed by atoms with Gasteiger partial charge in [0.25, 0.3) is 0 Å². The Morgan fingerprint density at radius 1 is 1.00 bits per heavy atom. The van der Waals surface area contributed by atoms with Gasteiger partial charge in [0, 0.05) is 35.5 Å². The molecule has 0 unspecified atom stereocenters. The summed E-state index contributed by atoms with van der Waals surface area (Å²) >= 11 is 0. The highest BCUT2D eigenvalue weighted by atomic mass is 19.4. The molecule has 212 valence electrons. The first-order valence-electron chi connectivity index (χ1n) is 12.9. The first-order chi connectivity index (χ1) is 19.4. The van der Waals surface area contributed by atoms with Gasteiger partial charge in [0.05, 0.1) is 23.3 Å². The van der Waals surface area contributed by atoms with Crippen LogP contribution in [-0.2, 0) is 30.3 Å². The van der Waals surface area contributed by atoms with Gasteiger partial charge in [0.15, 0.2) is 5.78 Å². The molecule has 5 rings (SSSR count). The highest BCUT2D eigenvalue weighted by molar-refractivity contribution is 6.08. The predicted molar refractivity (Wildman–Crippen MR) is 144 cm³/mol. The van der Waals surface area contributed by atoms with E-state index in [4.69, 9.17) is 9.47 Å². The smallest absolute Gasteiger partial charge is 0.416 e. The Morgan fingerprint density at radius 2 is 1.78 bits per heavy atom. The molecule has 0 saturated heterocycles. The summed E-state index contributed by atoms with van der Waals surface area (Å²) in [7, 11) is 0. The van der Waals surface area contributed by atoms with Crippen LogP contribution in [0, 0.1) is 0 Å². The fourth-order valence-electron chi connectivity index (χ4n) is 4.57. The third-order valence-corrected chi connectivity index (χ3v) is 6.45. The lowest BCUT2D eigenvalue weighted by molar-refractivity contribution is -0.137. The number of fused-ring (bicyclic) bond motifs is 2. The number of benzene rings is 2. The second kappa shape index (κ2) is 10.8. The van der Waals surface area contributed by atoms with E-state index in [1.807, 2.05) is 20.8 Å². The number of carbonyl (C=O) groups excluding carboxylic acids is 2. The van der Waals surface area contributed by atoms with Crippen molar-refractivity contribution in [2.24, 2.45) is 0 Å². The van der Waals surface area contributed by atoms with Crippen LogP contribution in [0.15, 0.2) is 60.9 Å². The fraction of sp³-hybridized carbons (Fsp3) is 0.300. The minimum Gasteiger partial charge on any atom is -0.444 e. The summed E-state index contributed by atoms with van der Waals surface area (Å²) in [5.74, 6) is 0.239. The van der Waals surface area contributed by atoms with Crippen molar-refractivity contribution < 1.29 is 32.2 Å². The van der Waals surface area contributed by atoms with E-state index in [1.54, 1.807) is 35.2 Å². The fourth-order valence-corrected chi connectivity index (χ4v) is 4.57. The van der Waals surface area contributed by atoms with Gasteiger partial charge in [0.2, 0.25) is 11.8 Å². The van der Waals surface area contributed by atoms with Crippen molar-refractivity contribution >= 4 is 22.8 Å². The molecule has 0 bridgehead atoms. The molecule has 4 aromatic rings. The van der Waals surface area contributed by atoms with Crippen LogP contribution in [0.5, 0.6) is 11.8 Å². The minimum atomic E-state index is -4.49. The Balaban J connectivity index is 1.34. The van der Waals surface area contributed by atoms with Crippen LogP contribution >= 0.6 is 0 Å². The second-order valence-corrected chi connectivity index (χ2v) is 10.7. The molecule has 2 aromatic heterocycles. The molecule has 8 nitrogen and oxygen atoms in total. The molecule has 1 aliphatic rings. The number of alkyl halides is 3. The first-order valence-corrected chi connectivity index (χ1v) is 12.9. The number of Topliss-reactive ketones (excluding diaryl/α,β-unsaturated/α-hetero) is 1. The van der Waals surface area contributed by atoms with Gasteiger partial charge >= 0.3 is 12.3 Å². The van der Waals surface area contributed by atoms with Gasteiger partial charge in [-0.1, -0.05) is 30.3 Å². The summed E-state index contributed by atoms with van der Waals surface area (Å²) in [4.78, 5) is 40.3. The van der Waals surface area contributed by atoms with Gasteiger partial charge in [-0.05, 0) is 51.0 Å². The van der Waals surface area contributed by atoms with Crippen LogP contribution in [0.25, 0.3) is 10.9 Å². The predicted octanol–water partition coefficient (Wildman–Crippen LogP) is 6.55. The molecule has 0 fully saturated rings. The van der Waals surface area contributed by atoms with Gasteiger partial charge in [0.1, 0.15) is 11.9 Å². The molecule has 41 heavy (non-hydrogen) atoms. The Labute approximate surface area is 234 Å². The van der Waals surface area contributed by atoms with E-state index >= 15 is 0 Å². The molecule has 3 heterocycles. The zero-order valence-corrected chi connectivity index (χ0v) is 22.7. The van der Waals surface area contributed by atoms with Crippen LogP contribution in [0.2, 0.25) is 0 Å². The van der Waals surface area contributed by atoms with E-state index < -0.39 is 23.4 Å². The number of pyridine rings is 1. The van der Waals surface area contributed by atoms with Gasteiger partial charge in [-0.15, -0.1) is 0 Å². The molecular formula is C30H27F3N4O4. The number of ether oxygens (including phenoxy) is 2. The largest absolute Gasteiger partial charge is 0.444 e. The van der Waals surface area contributed by atoms with E-state index in [1.165, 1.54) is 18.5 Å². The average Bonchev–Trinajstić information content (AvgIpc) is 2.91. The van der Waals surface area contributed by atoms with E-state index in [2.05, 4.69) is 15.0 Å². The maximum Gasteiger partial charge on any atom is 0.416 e. The lowest BCUT2D eigenvalue weighted by atomic mass is 9.98. The maximum absolute atomic E-state index is 13.1. The molecule has 1 amide bonds. The van der Waals surface area contributed by atoms with Crippen LogP contribution in [-0.4, -0.2) is 43.9 Å².